The molecule has 0 saturated heterocycles. The fourth-order valence-electron chi connectivity index (χ4n) is 3.04. The van der Waals surface area contributed by atoms with Gasteiger partial charge in [-0.05, 0) is 42.1 Å². The Bertz CT molecular complexity index is 1160. The van der Waals surface area contributed by atoms with Gasteiger partial charge in [-0.3, -0.25) is 14.9 Å². The first-order valence-electron chi connectivity index (χ1n) is 8.17. The molecule has 0 amide bonds. The van der Waals surface area contributed by atoms with Crippen LogP contribution in [-0.2, 0) is 0 Å². The standard InChI is InChI=1S/C20H14N2O3S2/c1-13-18(19(23)17-10-6-12-26-17)21-11-5-4-8-15(21)20(13)27-16-9-3-2-7-14(16)22(24)25/h2-12H,1H3. The van der Waals surface area contributed by atoms with Gasteiger partial charge in [0.05, 0.1) is 25.9 Å². The van der Waals surface area contributed by atoms with Crippen LogP contribution in [0.25, 0.3) is 5.52 Å². The second kappa shape index (κ2) is 7.02. The summed E-state index contributed by atoms with van der Waals surface area (Å²) in [5.74, 6) is -0.0434. The number of rotatable bonds is 5. The Kier molecular flexibility index (Phi) is 4.55. The number of nitro benzene ring substituents is 1. The number of pyridine rings is 1. The maximum absolute atomic E-state index is 13.1. The van der Waals surface area contributed by atoms with Gasteiger partial charge in [-0.15, -0.1) is 11.3 Å². The van der Waals surface area contributed by atoms with Crippen molar-refractivity contribution in [3.05, 3.63) is 92.4 Å². The Balaban J connectivity index is 1.89. The Morgan fingerprint density at radius 1 is 1.11 bits per heavy atom. The minimum Gasteiger partial charge on any atom is -0.312 e. The molecule has 0 atom stereocenters. The number of hydrogen-bond donors (Lipinski definition) is 0. The van der Waals surface area contributed by atoms with E-state index >= 15 is 0 Å². The van der Waals surface area contributed by atoms with E-state index in [2.05, 4.69) is 0 Å². The molecule has 0 radical (unpaired) electrons. The molecule has 0 aliphatic heterocycles. The number of carbonyl (C=O) groups is 1. The number of para-hydroxylation sites is 1. The van der Waals surface area contributed by atoms with Crippen molar-refractivity contribution < 1.29 is 9.72 Å². The van der Waals surface area contributed by atoms with Crippen LogP contribution < -0.4 is 0 Å². The summed E-state index contributed by atoms with van der Waals surface area (Å²) in [6.07, 6.45) is 1.85. The molecule has 0 unspecified atom stereocenters. The molecule has 4 aromatic rings. The van der Waals surface area contributed by atoms with Gasteiger partial charge in [-0.1, -0.05) is 36.0 Å². The number of aromatic nitrogens is 1. The molecule has 5 nitrogen and oxygen atoms in total. The minimum atomic E-state index is -0.381. The lowest BCUT2D eigenvalue weighted by Crippen LogP contribution is -2.04. The highest BCUT2D eigenvalue weighted by Gasteiger charge is 2.24. The van der Waals surface area contributed by atoms with Crippen molar-refractivity contribution in [2.24, 2.45) is 0 Å². The second-order valence-electron chi connectivity index (χ2n) is 5.89. The first-order chi connectivity index (χ1) is 13.1. The summed E-state index contributed by atoms with van der Waals surface area (Å²) in [5.41, 5.74) is 2.33. The Morgan fingerprint density at radius 3 is 2.63 bits per heavy atom. The van der Waals surface area contributed by atoms with Gasteiger partial charge < -0.3 is 4.40 Å². The summed E-state index contributed by atoms with van der Waals surface area (Å²) in [6.45, 7) is 1.89. The maximum Gasteiger partial charge on any atom is 0.283 e. The van der Waals surface area contributed by atoms with Crippen LogP contribution in [0.2, 0.25) is 0 Å². The number of ketones is 1. The third-order valence-electron chi connectivity index (χ3n) is 4.26. The SMILES string of the molecule is Cc1c(Sc2ccccc2[N+](=O)[O-])c2ccccn2c1C(=O)c1cccs1. The average molecular weight is 394 g/mol. The van der Waals surface area contributed by atoms with Crippen LogP contribution in [0.4, 0.5) is 5.69 Å². The number of carbonyl (C=O) groups excluding carboxylic acids is 1. The molecule has 0 bridgehead atoms. The van der Waals surface area contributed by atoms with Crippen molar-refractivity contribution in [1.82, 2.24) is 4.40 Å². The maximum atomic E-state index is 13.1. The minimum absolute atomic E-state index is 0.0434. The van der Waals surface area contributed by atoms with E-state index in [0.717, 1.165) is 16.0 Å². The van der Waals surface area contributed by atoms with Crippen LogP contribution in [0.15, 0.2) is 76.0 Å². The topological polar surface area (TPSA) is 64.6 Å². The number of nitro groups is 1. The number of nitrogens with zero attached hydrogens (tertiary/aromatic N) is 2. The number of thiophene rings is 1. The lowest BCUT2D eigenvalue weighted by molar-refractivity contribution is -0.387. The summed E-state index contributed by atoms with van der Waals surface area (Å²) in [4.78, 5) is 26.1. The smallest absolute Gasteiger partial charge is 0.283 e. The Hall–Kier alpha value is -2.90. The third-order valence-corrected chi connectivity index (χ3v) is 6.42. The molecule has 0 N–H and O–H groups in total. The number of benzene rings is 1. The van der Waals surface area contributed by atoms with Crippen molar-refractivity contribution in [2.75, 3.05) is 0 Å². The van der Waals surface area contributed by atoms with Crippen LogP contribution in [0.3, 0.4) is 0 Å². The third kappa shape index (κ3) is 3.05. The summed E-state index contributed by atoms with van der Waals surface area (Å²) in [6, 6.07) is 16.0. The zero-order valence-corrected chi connectivity index (χ0v) is 15.9. The molecule has 7 heteroatoms. The lowest BCUT2D eigenvalue weighted by atomic mass is 10.1. The highest BCUT2D eigenvalue weighted by atomic mass is 32.2. The van der Waals surface area contributed by atoms with Crippen molar-refractivity contribution in [2.45, 2.75) is 16.7 Å². The fraction of sp³-hybridized carbons (Fsp3) is 0.0500. The molecule has 134 valence electrons. The van der Waals surface area contributed by atoms with Gasteiger partial charge in [0.1, 0.15) is 0 Å². The van der Waals surface area contributed by atoms with Crippen LogP contribution in [0, 0.1) is 17.0 Å². The molecule has 1 aromatic carbocycles. The molecule has 0 aliphatic carbocycles. The quantitative estimate of drug-likeness (QED) is 0.251. The monoisotopic (exact) mass is 394 g/mol. The largest absolute Gasteiger partial charge is 0.312 e. The zero-order chi connectivity index (χ0) is 19.0. The molecular weight excluding hydrogens is 380 g/mol. The van der Waals surface area contributed by atoms with Gasteiger partial charge in [0.25, 0.3) is 5.69 Å². The predicted molar refractivity (Wildman–Crippen MR) is 107 cm³/mol. The molecule has 3 aromatic heterocycles. The van der Waals surface area contributed by atoms with Crippen LogP contribution in [0.1, 0.15) is 20.9 Å². The van der Waals surface area contributed by atoms with Crippen molar-refractivity contribution in [1.29, 1.82) is 0 Å². The summed E-state index contributed by atoms with van der Waals surface area (Å²) in [5, 5.41) is 13.2. The molecule has 0 spiro atoms. The molecule has 27 heavy (non-hydrogen) atoms. The van der Waals surface area contributed by atoms with E-state index in [9.17, 15) is 14.9 Å². The van der Waals surface area contributed by atoms with E-state index in [0.29, 0.717) is 15.5 Å². The number of hydrogen-bond acceptors (Lipinski definition) is 5. The van der Waals surface area contributed by atoms with E-state index in [-0.39, 0.29) is 16.4 Å². The second-order valence-corrected chi connectivity index (χ2v) is 7.89. The van der Waals surface area contributed by atoms with Gasteiger partial charge in [0, 0.05) is 17.2 Å². The number of fused-ring (bicyclic) bond motifs is 1. The lowest BCUT2D eigenvalue weighted by Gasteiger charge is -2.03. The predicted octanol–water partition coefficient (Wildman–Crippen LogP) is 5.60. The molecule has 0 saturated carbocycles. The fourth-order valence-corrected chi connectivity index (χ4v) is 4.84. The van der Waals surface area contributed by atoms with E-state index in [1.807, 2.05) is 53.2 Å². The van der Waals surface area contributed by atoms with Crippen LogP contribution in [0.5, 0.6) is 0 Å². The van der Waals surface area contributed by atoms with Gasteiger partial charge in [-0.2, -0.15) is 0 Å². The van der Waals surface area contributed by atoms with Gasteiger partial charge in [0.2, 0.25) is 5.78 Å². The molecule has 4 rings (SSSR count). The average Bonchev–Trinajstić information content (AvgIpc) is 3.29. The van der Waals surface area contributed by atoms with Crippen LogP contribution in [-0.4, -0.2) is 15.1 Å². The van der Waals surface area contributed by atoms with Crippen molar-refractivity contribution in [3.63, 3.8) is 0 Å². The van der Waals surface area contributed by atoms with Crippen molar-refractivity contribution in [3.8, 4) is 0 Å². The Labute approximate surface area is 163 Å². The van der Waals surface area contributed by atoms with Gasteiger partial charge in [0.15, 0.2) is 0 Å². The highest BCUT2D eigenvalue weighted by molar-refractivity contribution is 7.99. The first kappa shape index (κ1) is 17.5. The van der Waals surface area contributed by atoms with Crippen molar-refractivity contribution >= 4 is 40.1 Å². The molecule has 0 fully saturated rings. The summed E-state index contributed by atoms with van der Waals surface area (Å²) in [7, 11) is 0. The first-order valence-corrected chi connectivity index (χ1v) is 9.86. The molecule has 0 aliphatic rings. The van der Waals surface area contributed by atoms with E-state index in [4.69, 9.17) is 0 Å². The van der Waals surface area contributed by atoms with E-state index in [1.54, 1.807) is 18.2 Å². The Morgan fingerprint density at radius 2 is 1.89 bits per heavy atom. The molecule has 3 heterocycles. The van der Waals surface area contributed by atoms with Crippen LogP contribution >= 0.6 is 23.1 Å². The van der Waals surface area contributed by atoms with E-state index < -0.39 is 0 Å². The zero-order valence-electron chi connectivity index (χ0n) is 14.3. The summed E-state index contributed by atoms with van der Waals surface area (Å²) >= 11 is 2.73. The normalized spacial score (nSPS) is 11.0. The van der Waals surface area contributed by atoms with Gasteiger partial charge >= 0.3 is 0 Å². The highest BCUT2D eigenvalue weighted by Crippen LogP contribution is 2.41. The molecular formula is C20H14N2O3S2. The van der Waals surface area contributed by atoms with E-state index in [1.165, 1.54) is 29.2 Å². The summed E-state index contributed by atoms with van der Waals surface area (Å²) < 4.78 is 1.87. The van der Waals surface area contributed by atoms with Gasteiger partial charge in [-0.25, -0.2) is 0 Å².